The number of amides is 1. The fourth-order valence-corrected chi connectivity index (χ4v) is 2.76. The van der Waals surface area contributed by atoms with E-state index in [9.17, 15) is 4.79 Å². The molecule has 6 nitrogen and oxygen atoms in total. The molecule has 6 heteroatoms. The molecule has 104 valence electrons. The zero-order chi connectivity index (χ0) is 13.8. The van der Waals surface area contributed by atoms with Crippen LogP contribution in [0.5, 0.6) is 0 Å². The predicted octanol–water partition coefficient (Wildman–Crippen LogP) is 0.909. The molecule has 1 atom stereocenters. The summed E-state index contributed by atoms with van der Waals surface area (Å²) < 4.78 is 1.42. The minimum absolute atomic E-state index is 0.0552. The van der Waals surface area contributed by atoms with Crippen molar-refractivity contribution in [2.24, 2.45) is 0 Å². The number of nitrogens with zero attached hydrogens (tertiary/aromatic N) is 4. The van der Waals surface area contributed by atoms with E-state index in [2.05, 4.69) is 45.1 Å². The highest BCUT2D eigenvalue weighted by atomic mass is 16.2. The molecule has 0 bridgehead atoms. The number of nitrogens with one attached hydrogen (secondary N) is 1. The van der Waals surface area contributed by atoms with Crippen LogP contribution in [0.4, 0.5) is 0 Å². The molecule has 0 saturated carbocycles. The van der Waals surface area contributed by atoms with Gasteiger partial charge in [-0.25, -0.2) is 4.68 Å². The van der Waals surface area contributed by atoms with Crippen LogP contribution in [-0.2, 0) is 17.8 Å². The Morgan fingerprint density at radius 1 is 1.40 bits per heavy atom. The van der Waals surface area contributed by atoms with Gasteiger partial charge in [-0.3, -0.25) is 4.79 Å². The molecule has 1 aliphatic rings. The lowest BCUT2D eigenvalue weighted by molar-refractivity contribution is -0.121. The van der Waals surface area contributed by atoms with E-state index in [4.69, 9.17) is 0 Å². The number of hydrogen-bond donors (Lipinski definition) is 1. The molecule has 0 spiro atoms. The van der Waals surface area contributed by atoms with Gasteiger partial charge in [0.1, 0.15) is 12.9 Å². The molecule has 1 heterocycles. The first kappa shape index (κ1) is 12.8. The lowest BCUT2D eigenvalue weighted by Crippen LogP contribution is -2.32. The summed E-state index contributed by atoms with van der Waals surface area (Å²) in [4.78, 5) is 11.8. The van der Waals surface area contributed by atoms with E-state index < -0.39 is 0 Å². The van der Waals surface area contributed by atoms with Gasteiger partial charge in [0, 0.05) is 12.5 Å². The Morgan fingerprint density at radius 3 is 3.15 bits per heavy atom. The van der Waals surface area contributed by atoms with Crippen molar-refractivity contribution >= 4 is 5.91 Å². The van der Waals surface area contributed by atoms with Crippen LogP contribution in [0.25, 0.3) is 0 Å². The summed E-state index contributed by atoms with van der Waals surface area (Å²) in [5, 5.41) is 13.7. The molecule has 1 N–H and O–H groups in total. The van der Waals surface area contributed by atoms with Gasteiger partial charge in [-0.15, -0.1) is 5.10 Å². The van der Waals surface area contributed by atoms with Gasteiger partial charge in [-0.1, -0.05) is 24.3 Å². The highest BCUT2D eigenvalue weighted by Crippen LogP contribution is 2.30. The third-order valence-corrected chi connectivity index (χ3v) is 3.74. The zero-order valence-corrected chi connectivity index (χ0v) is 11.2. The molecule has 0 fully saturated rings. The molecule has 3 rings (SSSR count). The lowest BCUT2D eigenvalue weighted by atomic mass is 9.83. The summed E-state index contributed by atoms with van der Waals surface area (Å²) in [6, 6.07) is 8.51. The average Bonchev–Trinajstić information content (AvgIpc) is 2.98. The molecule has 1 aliphatic carbocycles. The number of benzene rings is 1. The van der Waals surface area contributed by atoms with Crippen molar-refractivity contribution in [1.82, 2.24) is 25.5 Å². The van der Waals surface area contributed by atoms with E-state index in [-0.39, 0.29) is 12.5 Å². The Bertz CT molecular complexity index is 581. The van der Waals surface area contributed by atoms with Crippen molar-refractivity contribution in [3.63, 3.8) is 0 Å². The van der Waals surface area contributed by atoms with E-state index in [0.717, 1.165) is 12.8 Å². The minimum Gasteiger partial charge on any atom is -0.354 e. The van der Waals surface area contributed by atoms with Crippen molar-refractivity contribution in [2.75, 3.05) is 6.54 Å². The van der Waals surface area contributed by atoms with Crippen LogP contribution < -0.4 is 5.32 Å². The quantitative estimate of drug-likeness (QED) is 0.897. The number of aryl methyl sites for hydroxylation is 1. The van der Waals surface area contributed by atoms with E-state index >= 15 is 0 Å². The van der Waals surface area contributed by atoms with Crippen LogP contribution in [0.15, 0.2) is 30.6 Å². The van der Waals surface area contributed by atoms with Crippen molar-refractivity contribution in [3.8, 4) is 0 Å². The van der Waals surface area contributed by atoms with Crippen LogP contribution in [-0.4, -0.2) is 32.7 Å². The molecule has 1 aromatic heterocycles. The maximum atomic E-state index is 11.8. The molecule has 0 radical (unpaired) electrons. The second kappa shape index (κ2) is 5.81. The number of rotatable bonds is 4. The van der Waals surface area contributed by atoms with Gasteiger partial charge < -0.3 is 5.32 Å². The fraction of sp³-hybridized carbons (Fsp3) is 0.429. The molecule has 1 amide bonds. The lowest BCUT2D eigenvalue weighted by Gasteiger charge is -2.25. The predicted molar refractivity (Wildman–Crippen MR) is 72.9 cm³/mol. The largest absolute Gasteiger partial charge is 0.354 e. The van der Waals surface area contributed by atoms with Crippen LogP contribution in [0.3, 0.4) is 0 Å². The maximum absolute atomic E-state index is 11.8. The highest BCUT2D eigenvalue weighted by Gasteiger charge is 2.20. The summed E-state index contributed by atoms with van der Waals surface area (Å²) in [6.07, 6.45) is 4.90. The Labute approximate surface area is 117 Å². The highest BCUT2D eigenvalue weighted by molar-refractivity contribution is 5.75. The number of carbonyl (C=O) groups is 1. The van der Waals surface area contributed by atoms with Gasteiger partial charge in [0.05, 0.1) is 0 Å². The number of hydrogen-bond acceptors (Lipinski definition) is 4. The van der Waals surface area contributed by atoms with Crippen LogP contribution in [0.2, 0.25) is 0 Å². The molecule has 2 aromatic rings. The molecule has 0 unspecified atom stereocenters. The standard InChI is InChI=1S/C14H17N5O/c20-14(9-19-10-16-17-18-19)15-8-12-6-3-5-11-4-1-2-7-13(11)12/h1-2,4,7,10,12H,3,5-6,8-9H2,(H,15,20)/t12-/m0/s1. The maximum Gasteiger partial charge on any atom is 0.241 e. The van der Waals surface area contributed by atoms with Gasteiger partial charge in [-0.05, 0) is 40.8 Å². The number of tetrazole rings is 1. The van der Waals surface area contributed by atoms with Crippen molar-refractivity contribution in [2.45, 2.75) is 31.7 Å². The normalized spacial score (nSPS) is 17.5. The van der Waals surface area contributed by atoms with Crippen LogP contribution in [0, 0.1) is 0 Å². The Hall–Kier alpha value is -2.24. The Kier molecular flexibility index (Phi) is 3.71. The van der Waals surface area contributed by atoms with E-state index in [1.54, 1.807) is 0 Å². The zero-order valence-electron chi connectivity index (χ0n) is 11.2. The molecule has 20 heavy (non-hydrogen) atoms. The molecule has 0 aliphatic heterocycles. The van der Waals surface area contributed by atoms with E-state index in [1.807, 2.05) is 0 Å². The first-order valence-corrected chi connectivity index (χ1v) is 6.88. The van der Waals surface area contributed by atoms with Gasteiger partial charge >= 0.3 is 0 Å². The number of aromatic nitrogens is 4. The van der Waals surface area contributed by atoms with Crippen molar-refractivity contribution in [1.29, 1.82) is 0 Å². The first-order chi connectivity index (χ1) is 9.83. The van der Waals surface area contributed by atoms with Gasteiger partial charge in [-0.2, -0.15) is 0 Å². The smallest absolute Gasteiger partial charge is 0.241 e. The van der Waals surface area contributed by atoms with Gasteiger partial charge in [0.15, 0.2) is 0 Å². The van der Waals surface area contributed by atoms with E-state index in [0.29, 0.717) is 12.5 Å². The Morgan fingerprint density at radius 2 is 2.30 bits per heavy atom. The third-order valence-electron chi connectivity index (χ3n) is 3.74. The SMILES string of the molecule is O=C(Cn1cnnn1)NC[C@@H]1CCCc2ccccc21. The third kappa shape index (κ3) is 2.84. The van der Waals surface area contributed by atoms with Crippen LogP contribution >= 0.6 is 0 Å². The summed E-state index contributed by atoms with van der Waals surface area (Å²) >= 11 is 0. The molecule has 0 saturated heterocycles. The summed E-state index contributed by atoms with van der Waals surface area (Å²) in [7, 11) is 0. The Balaban J connectivity index is 1.58. The van der Waals surface area contributed by atoms with Crippen molar-refractivity contribution < 1.29 is 4.79 Å². The monoisotopic (exact) mass is 271 g/mol. The molecular weight excluding hydrogens is 254 g/mol. The van der Waals surface area contributed by atoms with Gasteiger partial charge in [0.25, 0.3) is 0 Å². The minimum atomic E-state index is -0.0552. The van der Waals surface area contributed by atoms with Gasteiger partial charge in [0.2, 0.25) is 5.91 Å². The summed E-state index contributed by atoms with van der Waals surface area (Å²) in [5.41, 5.74) is 2.79. The number of fused-ring (bicyclic) bond motifs is 1. The number of carbonyl (C=O) groups excluding carboxylic acids is 1. The fourth-order valence-electron chi connectivity index (χ4n) is 2.76. The molecular formula is C14H17N5O. The van der Waals surface area contributed by atoms with Crippen LogP contribution in [0.1, 0.15) is 29.9 Å². The first-order valence-electron chi connectivity index (χ1n) is 6.88. The second-order valence-corrected chi connectivity index (χ2v) is 5.10. The summed E-state index contributed by atoms with van der Waals surface area (Å²) in [5.74, 6) is 0.359. The molecule has 1 aromatic carbocycles. The topological polar surface area (TPSA) is 72.7 Å². The summed E-state index contributed by atoms with van der Waals surface area (Å²) in [6.45, 7) is 0.847. The average molecular weight is 271 g/mol. The van der Waals surface area contributed by atoms with E-state index in [1.165, 1.54) is 28.6 Å². The van der Waals surface area contributed by atoms with Crippen molar-refractivity contribution in [3.05, 3.63) is 41.7 Å². The second-order valence-electron chi connectivity index (χ2n) is 5.10.